The number of dihydropyridines is 1. The van der Waals surface area contributed by atoms with Crippen molar-refractivity contribution in [3.05, 3.63) is 75.9 Å². The molecule has 4 rings (SSSR count). The van der Waals surface area contributed by atoms with Crippen molar-refractivity contribution in [2.24, 2.45) is 0 Å². The Morgan fingerprint density at radius 2 is 2.12 bits per heavy atom. The molecule has 1 atom stereocenters. The first-order valence-electron chi connectivity index (χ1n) is 10.2. The molecule has 0 unspecified atom stereocenters. The molecule has 2 aromatic rings. The lowest BCUT2D eigenvalue weighted by Gasteiger charge is -2.32. The number of allylic oxidation sites excluding steroid dienone is 3. The summed E-state index contributed by atoms with van der Waals surface area (Å²) in [6.07, 6.45) is 3.41. The van der Waals surface area contributed by atoms with Crippen molar-refractivity contribution in [1.82, 2.24) is 5.32 Å². The molecule has 7 nitrogen and oxygen atoms in total. The minimum atomic E-state index is -0.572. The van der Waals surface area contributed by atoms with Crippen LogP contribution < -0.4 is 10.6 Å². The van der Waals surface area contributed by atoms with Crippen molar-refractivity contribution in [1.29, 1.82) is 5.26 Å². The van der Waals surface area contributed by atoms with E-state index in [9.17, 15) is 19.6 Å². The van der Waals surface area contributed by atoms with Crippen LogP contribution in [0.2, 0.25) is 0 Å². The van der Waals surface area contributed by atoms with Gasteiger partial charge in [0.15, 0.2) is 11.6 Å². The van der Waals surface area contributed by atoms with Gasteiger partial charge in [0.1, 0.15) is 5.76 Å². The summed E-state index contributed by atoms with van der Waals surface area (Å²) in [5.74, 6) is -0.317. The number of nitriles is 1. The predicted octanol–water partition coefficient (Wildman–Crippen LogP) is 4.28. The number of nitrogens with one attached hydrogen (secondary N) is 2. The molecule has 32 heavy (non-hydrogen) atoms. The summed E-state index contributed by atoms with van der Waals surface area (Å²) in [5.41, 5.74) is 2.79. The summed E-state index contributed by atoms with van der Waals surface area (Å²) in [4.78, 5) is 36.8. The van der Waals surface area contributed by atoms with Crippen LogP contribution >= 0.6 is 11.8 Å². The minimum absolute atomic E-state index is 0.0139. The van der Waals surface area contributed by atoms with Crippen molar-refractivity contribution >= 4 is 34.9 Å². The van der Waals surface area contributed by atoms with Crippen molar-refractivity contribution in [2.75, 3.05) is 11.1 Å². The normalized spacial score (nSPS) is 18.0. The first-order chi connectivity index (χ1) is 15.5. The highest BCUT2D eigenvalue weighted by Gasteiger charge is 2.38. The Balaban J connectivity index is 1.55. The Morgan fingerprint density at radius 1 is 1.28 bits per heavy atom. The van der Waals surface area contributed by atoms with Gasteiger partial charge in [-0.05, 0) is 44.0 Å². The lowest BCUT2D eigenvalue weighted by molar-refractivity contribution is -0.116. The van der Waals surface area contributed by atoms with Gasteiger partial charge in [-0.1, -0.05) is 23.9 Å². The Bertz CT molecular complexity index is 1190. The summed E-state index contributed by atoms with van der Waals surface area (Å²) < 4.78 is 5.57. The van der Waals surface area contributed by atoms with Gasteiger partial charge >= 0.3 is 0 Å². The van der Waals surface area contributed by atoms with Gasteiger partial charge in [0.25, 0.3) is 0 Å². The first kappa shape index (κ1) is 21.7. The lowest BCUT2D eigenvalue weighted by Crippen LogP contribution is -2.31. The van der Waals surface area contributed by atoms with Gasteiger partial charge < -0.3 is 15.1 Å². The number of hydrogen-bond donors (Lipinski definition) is 2. The molecule has 1 aliphatic carbocycles. The number of anilines is 1. The lowest BCUT2D eigenvalue weighted by atomic mass is 9.79. The highest BCUT2D eigenvalue weighted by Crippen LogP contribution is 2.44. The number of carbonyl (C=O) groups is 3. The number of nitrogens with zero attached hydrogens (tertiary/aromatic N) is 1. The number of amides is 1. The van der Waals surface area contributed by atoms with Gasteiger partial charge in [0.2, 0.25) is 5.91 Å². The molecule has 8 heteroatoms. The third kappa shape index (κ3) is 4.39. The van der Waals surface area contributed by atoms with Gasteiger partial charge in [0, 0.05) is 28.9 Å². The topological polar surface area (TPSA) is 112 Å². The van der Waals surface area contributed by atoms with E-state index in [1.807, 2.05) is 0 Å². The fourth-order valence-electron chi connectivity index (χ4n) is 3.93. The van der Waals surface area contributed by atoms with E-state index in [0.717, 1.165) is 12.1 Å². The number of furan rings is 1. The summed E-state index contributed by atoms with van der Waals surface area (Å²) in [6, 6.07) is 12.5. The summed E-state index contributed by atoms with van der Waals surface area (Å²) >= 11 is 1.21. The molecule has 2 aliphatic rings. The molecule has 0 saturated heterocycles. The fourth-order valence-corrected chi connectivity index (χ4v) is 4.79. The van der Waals surface area contributed by atoms with Crippen LogP contribution in [-0.2, 0) is 9.59 Å². The van der Waals surface area contributed by atoms with Crippen LogP contribution in [0.15, 0.2) is 69.0 Å². The first-order valence-corrected chi connectivity index (χ1v) is 11.2. The number of carbonyl (C=O) groups excluding carboxylic acids is 3. The molecule has 1 aliphatic heterocycles. The predicted molar refractivity (Wildman–Crippen MR) is 121 cm³/mol. The molecule has 0 spiro atoms. The van der Waals surface area contributed by atoms with E-state index in [1.54, 1.807) is 36.4 Å². The van der Waals surface area contributed by atoms with Gasteiger partial charge in [-0.25, -0.2) is 0 Å². The second-order valence-electron chi connectivity index (χ2n) is 7.57. The summed E-state index contributed by atoms with van der Waals surface area (Å²) in [5, 5.41) is 16.5. The molecule has 0 fully saturated rings. The number of benzene rings is 1. The van der Waals surface area contributed by atoms with E-state index in [-0.39, 0.29) is 23.2 Å². The maximum Gasteiger partial charge on any atom is 0.234 e. The van der Waals surface area contributed by atoms with E-state index >= 15 is 0 Å². The van der Waals surface area contributed by atoms with Crippen LogP contribution in [0.4, 0.5) is 5.69 Å². The number of rotatable bonds is 6. The van der Waals surface area contributed by atoms with Crippen LogP contribution in [0.25, 0.3) is 0 Å². The Kier molecular flexibility index (Phi) is 6.28. The molecule has 2 N–H and O–H groups in total. The maximum atomic E-state index is 12.7. The van der Waals surface area contributed by atoms with Gasteiger partial charge in [-0.15, -0.1) is 0 Å². The number of thioether (sulfide) groups is 1. The molecule has 2 heterocycles. The van der Waals surface area contributed by atoms with E-state index in [0.29, 0.717) is 46.0 Å². The fraction of sp³-hybridized carbons (Fsp3) is 0.250. The molecule has 1 aromatic heterocycles. The molecular formula is C24H21N3O4S. The molecule has 0 saturated carbocycles. The van der Waals surface area contributed by atoms with E-state index in [2.05, 4.69) is 16.7 Å². The van der Waals surface area contributed by atoms with Crippen LogP contribution in [0.1, 0.15) is 48.2 Å². The van der Waals surface area contributed by atoms with Crippen LogP contribution in [0.5, 0.6) is 0 Å². The van der Waals surface area contributed by atoms with Crippen LogP contribution in [0.3, 0.4) is 0 Å². The largest absolute Gasteiger partial charge is 0.468 e. The third-order valence-corrected chi connectivity index (χ3v) is 6.41. The highest BCUT2D eigenvalue weighted by molar-refractivity contribution is 8.03. The molecule has 0 radical (unpaired) electrons. The van der Waals surface area contributed by atoms with Gasteiger partial charge in [-0.2, -0.15) is 5.26 Å². The van der Waals surface area contributed by atoms with Crippen molar-refractivity contribution < 1.29 is 18.8 Å². The van der Waals surface area contributed by atoms with Gasteiger partial charge in [0.05, 0.1) is 34.6 Å². The van der Waals surface area contributed by atoms with E-state index in [4.69, 9.17) is 4.42 Å². The van der Waals surface area contributed by atoms with E-state index < -0.39 is 5.92 Å². The summed E-state index contributed by atoms with van der Waals surface area (Å²) in [7, 11) is 0. The van der Waals surface area contributed by atoms with Crippen molar-refractivity contribution in [3.63, 3.8) is 0 Å². The van der Waals surface area contributed by atoms with Crippen LogP contribution in [0, 0.1) is 11.3 Å². The Morgan fingerprint density at radius 3 is 2.84 bits per heavy atom. The van der Waals surface area contributed by atoms with Gasteiger partial charge in [-0.3, -0.25) is 14.4 Å². The minimum Gasteiger partial charge on any atom is -0.468 e. The van der Waals surface area contributed by atoms with Crippen molar-refractivity contribution in [2.45, 2.75) is 32.1 Å². The molecule has 1 aromatic carbocycles. The Hall–Kier alpha value is -3.57. The number of Topliss-reactive ketones (excluding diaryl/α,β-unsaturated/α-hetero) is 2. The monoisotopic (exact) mass is 447 g/mol. The zero-order valence-corrected chi connectivity index (χ0v) is 18.3. The average molecular weight is 448 g/mol. The zero-order chi connectivity index (χ0) is 22.7. The molecule has 162 valence electrons. The highest BCUT2D eigenvalue weighted by atomic mass is 32.2. The Labute approximate surface area is 189 Å². The quantitative estimate of drug-likeness (QED) is 0.636. The molecular weight excluding hydrogens is 426 g/mol. The number of ketones is 2. The smallest absolute Gasteiger partial charge is 0.234 e. The number of hydrogen-bond acceptors (Lipinski definition) is 7. The van der Waals surface area contributed by atoms with E-state index in [1.165, 1.54) is 24.9 Å². The molecule has 1 amide bonds. The summed E-state index contributed by atoms with van der Waals surface area (Å²) in [6.45, 7) is 1.47. The van der Waals surface area contributed by atoms with Crippen LogP contribution in [-0.4, -0.2) is 23.2 Å². The van der Waals surface area contributed by atoms with Crippen molar-refractivity contribution in [3.8, 4) is 6.07 Å². The molecule has 0 bridgehead atoms. The maximum absolute atomic E-state index is 12.7. The second kappa shape index (κ2) is 9.28. The standard InChI is InChI=1S/C24H21N3O4S/c1-14(28)15-5-2-6-16(11-15)26-21(30)13-32-24-17(12-25)22(20-9-4-10-31-20)23-18(27-24)7-3-8-19(23)29/h2,4-6,9-11,22,27H,3,7-8,13H2,1H3,(H,26,30)/t22-/m0/s1. The zero-order valence-electron chi connectivity index (χ0n) is 17.4. The third-order valence-electron chi connectivity index (χ3n) is 5.39. The second-order valence-corrected chi connectivity index (χ2v) is 8.56. The SMILES string of the molecule is CC(=O)c1cccc(NC(=O)CSC2=C(C#N)[C@@H](c3ccco3)C3=C(CCCC3=O)N2)c1. The average Bonchev–Trinajstić information content (AvgIpc) is 3.31.